The van der Waals surface area contributed by atoms with Crippen molar-refractivity contribution in [3.63, 3.8) is 0 Å². The molecule has 0 aliphatic rings. The first-order valence-electron chi connectivity index (χ1n) is 16.1. The molecule has 242 valence electrons. The number of nitrogens with zero attached hydrogens (tertiary/aromatic N) is 2. The van der Waals surface area contributed by atoms with E-state index >= 15 is 0 Å². The predicted molar refractivity (Wildman–Crippen MR) is 197 cm³/mol. The van der Waals surface area contributed by atoms with Gasteiger partial charge in [-0.3, -0.25) is 9.36 Å². The van der Waals surface area contributed by atoms with Crippen LogP contribution in [-0.2, 0) is 16.8 Å². The Bertz CT molecular complexity index is 2130. The van der Waals surface area contributed by atoms with Crippen molar-refractivity contribution in [1.82, 2.24) is 4.57 Å². The molecule has 0 radical (unpaired) electrons. The SMILES string of the molecule is O=c1sc(Cc2ccc(OCCON=Cc3ccc4ccccc4c3)cc2)c(O)n1C(c1ccccc1)(c1ccccc1)c1ccccc1. The van der Waals surface area contributed by atoms with Crippen LogP contribution in [0.15, 0.2) is 168 Å². The summed E-state index contributed by atoms with van der Waals surface area (Å²) in [5, 5.41) is 18.3. The summed E-state index contributed by atoms with van der Waals surface area (Å²) >= 11 is 1.07. The largest absolute Gasteiger partial charge is 0.494 e. The van der Waals surface area contributed by atoms with Crippen LogP contribution >= 0.6 is 11.3 Å². The molecule has 6 aromatic carbocycles. The Morgan fingerprint density at radius 2 is 1.24 bits per heavy atom. The quantitative estimate of drug-likeness (QED) is 0.0616. The van der Waals surface area contributed by atoms with E-state index in [1.54, 1.807) is 10.8 Å². The van der Waals surface area contributed by atoms with Crippen LogP contribution < -0.4 is 9.61 Å². The molecule has 0 bridgehead atoms. The maximum Gasteiger partial charge on any atom is 0.311 e. The molecule has 0 saturated carbocycles. The summed E-state index contributed by atoms with van der Waals surface area (Å²) in [6, 6.07) is 51.6. The molecule has 0 amide bonds. The molecule has 49 heavy (non-hydrogen) atoms. The Balaban J connectivity index is 1.07. The number of oxime groups is 1. The van der Waals surface area contributed by atoms with Gasteiger partial charge in [0.1, 0.15) is 17.9 Å². The van der Waals surface area contributed by atoms with Crippen LogP contribution in [0.2, 0.25) is 0 Å². The molecule has 7 rings (SSSR count). The van der Waals surface area contributed by atoms with E-state index in [4.69, 9.17) is 9.57 Å². The van der Waals surface area contributed by atoms with E-state index < -0.39 is 5.54 Å². The van der Waals surface area contributed by atoms with Gasteiger partial charge in [-0.05, 0) is 56.8 Å². The summed E-state index contributed by atoms with van der Waals surface area (Å²) in [6.07, 6.45) is 2.09. The molecule has 7 heteroatoms. The summed E-state index contributed by atoms with van der Waals surface area (Å²) in [7, 11) is 0. The van der Waals surface area contributed by atoms with Crippen molar-refractivity contribution in [1.29, 1.82) is 0 Å². The van der Waals surface area contributed by atoms with Gasteiger partial charge in [-0.25, -0.2) is 0 Å². The lowest BCUT2D eigenvalue weighted by Gasteiger charge is -2.37. The fraction of sp³-hybridized carbons (Fsp3) is 0.0952. The maximum atomic E-state index is 14.0. The van der Waals surface area contributed by atoms with E-state index in [0.29, 0.717) is 30.3 Å². The van der Waals surface area contributed by atoms with E-state index in [1.165, 1.54) is 5.39 Å². The molecule has 0 saturated heterocycles. The highest BCUT2D eigenvalue weighted by Gasteiger charge is 2.42. The van der Waals surface area contributed by atoms with Crippen molar-refractivity contribution in [2.24, 2.45) is 5.16 Å². The molecule has 6 nitrogen and oxygen atoms in total. The zero-order valence-electron chi connectivity index (χ0n) is 26.7. The van der Waals surface area contributed by atoms with Gasteiger partial charge in [0.2, 0.25) is 5.88 Å². The average molecular weight is 663 g/mol. The molecule has 7 aromatic rings. The van der Waals surface area contributed by atoms with Gasteiger partial charge in [0, 0.05) is 6.42 Å². The van der Waals surface area contributed by atoms with E-state index in [2.05, 4.69) is 29.4 Å². The summed E-state index contributed by atoms with van der Waals surface area (Å²) in [5.74, 6) is 0.644. The Hall–Kier alpha value is -5.92. The molecular formula is C42H34N2O4S. The van der Waals surface area contributed by atoms with E-state index in [9.17, 15) is 9.90 Å². The van der Waals surface area contributed by atoms with Crippen molar-refractivity contribution >= 4 is 28.3 Å². The zero-order chi connectivity index (χ0) is 33.5. The lowest BCUT2D eigenvalue weighted by atomic mass is 9.76. The van der Waals surface area contributed by atoms with Crippen LogP contribution in [0, 0.1) is 0 Å². The van der Waals surface area contributed by atoms with Crippen LogP contribution in [0.3, 0.4) is 0 Å². The summed E-state index contributed by atoms with van der Waals surface area (Å²) in [4.78, 5) is 19.7. The lowest BCUT2D eigenvalue weighted by molar-refractivity contribution is 0.108. The highest BCUT2D eigenvalue weighted by Crippen LogP contribution is 2.43. The Kier molecular flexibility index (Phi) is 9.34. The first-order valence-corrected chi connectivity index (χ1v) is 16.9. The second-order valence-electron chi connectivity index (χ2n) is 11.6. The van der Waals surface area contributed by atoms with Gasteiger partial charge in [-0.2, -0.15) is 0 Å². The minimum atomic E-state index is -1.08. The number of hydrogen-bond donors (Lipinski definition) is 1. The predicted octanol–water partition coefficient (Wildman–Crippen LogP) is 8.63. The third-order valence-corrected chi connectivity index (χ3v) is 9.48. The smallest absolute Gasteiger partial charge is 0.311 e. The van der Waals surface area contributed by atoms with E-state index in [-0.39, 0.29) is 10.8 Å². The van der Waals surface area contributed by atoms with Crippen LogP contribution in [0.1, 0.15) is 32.7 Å². The van der Waals surface area contributed by atoms with Crippen molar-refractivity contribution in [3.8, 4) is 11.6 Å². The Morgan fingerprint density at radius 1 is 0.673 bits per heavy atom. The minimum Gasteiger partial charge on any atom is -0.494 e. The number of benzene rings is 6. The second-order valence-corrected chi connectivity index (χ2v) is 12.6. The van der Waals surface area contributed by atoms with E-state index in [1.807, 2.05) is 133 Å². The van der Waals surface area contributed by atoms with Crippen molar-refractivity contribution < 1.29 is 14.7 Å². The van der Waals surface area contributed by atoms with Crippen LogP contribution in [0.4, 0.5) is 0 Å². The van der Waals surface area contributed by atoms with Gasteiger partial charge in [0.25, 0.3) is 0 Å². The number of aromatic hydroxyl groups is 1. The van der Waals surface area contributed by atoms with Gasteiger partial charge in [0.15, 0.2) is 6.61 Å². The number of fused-ring (bicyclic) bond motifs is 1. The van der Waals surface area contributed by atoms with Gasteiger partial charge in [0.05, 0.1) is 11.1 Å². The van der Waals surface area contributed by atoms with Gasteiger partial charge < -0.3 is 14.7 Å². The first-order chi connectivity index (χ1) is 24.1. The molecule has 0 aliphatic heterocycles. The lowest BCUT2D eigenvalue weighted by Crippen LogP contribution is -2.42. The number of hydrogen-bond acceptors (Lipinski definition) is 6. The molecule has 0 fully saturated rings. The van der Waals surface area contributed by atoms with Crippen molar-refractivity contribution in [2.75, 3.05) is 13.2 Å². The summed E-state index contributed by atoms with van der Waals surface area (Å²) in [6.45, 7) is 0.632. The zero-order valence-corrected chi connectivity index (χ0v) is 27.5. The van der Waals surface area contributed by atoms with Gasteiger partial charge in [-0.15, -0.1) is 0 Å². The number of rotatable bonds is 12. The van der Waals surface area contributed by atoms with Crippen LogP contribution in [-0.4, -0.2) is 29.1 Å². The minimum absolute atomic E-state index is 0.0479. The molecular weight excluding hydrogens is 629 g/mol. The molecule has 0 atom stereocenters. The maximum absolute atomic E-state index is 14.0. The molecule has 0 spiro atoms. The molecule has 1 N–H and O–H groups in total. The normalized spacial score (nSPS) is 11.6. The molecule has 1 heterocycles. The second kappa shape index (κ2) is 14.5. The van der Waals surface area contributed by atoms with Crippen LogP contribution in [0.5, 0.6) is 11.6 Å². The number of thiazole rings is 1. The first kappa shape index (κ1) is 31.7. The molecule has 0 aliphatic carbocycles. The Labute approximate surface area is 288 Å². The molecule has 0 unspecified atom stereocenters. The standard InChI is InChI=1S/C42H34N2O4S/c45-40-39(29-31-21-24-38(25-22-31)47-26-27-48-43-30-32-20-23-33-12-10-11-13-34(33)28-32)49-41(46)44(40)42(35-14-4-1-5-15-35,36-16-6-2-7-17-36)37-18-8-3-9-19-37/h1-25,28,30,45H,26-27,29H2. The van der Waals surface area contributed by atoms with Crippen molar-refractivity contribution in [3.05, 3.63) is 200 Å². The topological polar surface area (TPSA) is 73.1 Å². The monoisotopic (exact) mass is 662 g/mol. The highest BCUT2D eigenvalue weighted by atomic mass is 32.1. The Morgan fingerprint density at radius 3 is 1.86 bits per heavy atom. The van der Waals surface area contributed by atoms with Crippen LogP contribution in [0.25, 0.3) is 10.8 Å². The fourth-order valence-corrected chi connectivity index (χ4v) is 7.22. The number of aromatic nitrogens is 1. The highest BCUT2D eigenvalue weighted by molar-refractivity contribution is 7.09. The van der Waals surface area contributed by atoms with E-state index in [0.717, 1.165) is 44.5 Å². The molecule has 1 aromatic heterocycles. The third kappa shape index (κ3) is 6.62. The third-order valence-electron chi connectivity index (χ3n) is 8.55. The van der Waals surface area contributed by atoms with Gasteiger partial charge in [-0.1, -0.05) is 156 Å². The van der Waals surface area contributed by atoms with Crippen molar-refractivity contribution in [2.45, 2.75) is 12.0 Å². The van der Waals surface area contributed by atoms with Gasteiger partial charge >= 0.3 is 4.87 Å². The summed E-state index contributed by atoms with van der Waals surface area (Å²) in [5.41, 5.74) is 3.44. The average Bonchev–Trinajstić information content (AvgIpc) is 3.43. The summed E-state index contributed by atoms with van der Waals surface area (Å²) < 4.78 is 7.41. The fourth-order valence-electron chi connectivity index (χ4n) is 6.27. The number of ether oxygens (including phenoxy) is 1.